The molecule has 2 heterocycles. The predicted octanol–water partition coefficient (Wildman–Crippen LogP) is 1.73. The van der Waals surface area contributed by atoms with E-state index in [1.54, 1.807) is 0 Å². The second-order valence-corrected chi connectivity index (χ2v) is 6.73. The zero-order valence-electron chi connectivity index (χ0n) is 10.9. The first-order valence-corrected chi connectivity index (χ1v) is 7.95. The quantitative estimate of drug-likeness (QED) is 0.831. The fourth-order valence-electron chi connectivity index (χ4n) is 2.72. The van der Waals surface area contributed by atoms with E-state index in [4.69, 9.17) is 0 Å². The van der Waals surface area contributed by atoms with Gasteiger partial charge in [-0.05, 0) is 36.7 Å². The van der Waals surface area contributed by atoms with E-state index < -0.39 is 0 Å². The molecule has 17 heavy (non-hydrogen) atoms. The minimum Gasteiger partial charge on any atom is -0.341 e. The highest BCUT2D eigenvalue weighted by molar-refractivity contribution is 7.99. The summed E-state index contributed by atoms with van der Waals surface area (Å²) >= 11 is 2.05. The maximum atomic E-state index is 12.2. The van der Waals surface area contributed by atoms with Gasteiger partial charge < -0.3 is 10.2 Å². The number of amides is 1. The van der Waals surface area contributed by atoms with Crippen LogP contribution in [0.4, 0.5) is 0 Å². The fourth-order valence-corrected chi connectivity index (χ4v) is 3.92. The number of hydrogen-bond acceptors (Lipinski definition) is 3. The molecule has 2 aliphatic rings. The molecule has 0 spiro atoms. The Morgan fingerprint density at radius 2 is 2.06 bits per heavy atom. The van der Waals surface area contributed by atoms with Gasteiger partial charge in [-0.3, -0.25) is 4.79 Å². The van der Waals surface area contributed by atoms with E-state index >= 15 is 0 Å². The molecule has 98 valence electrons. The molecule has 2 rings (SSSR count). The molecule has 0 radical (unpaired) electrons. The summed E-state index contributed by atoms with van der Waals surface area (Å²) < 4.78 is 0. The molecule has 0 aromatic heterocycles. The van der Waals surface area contributed by atoms with Crippen molar-refractivity contribution in [2.24, 2.45) is 5.92 Å². The normalized spacial score (nSPS) is 27.1. The highest BCUT2D eigenvalue weighted by Crippen LogP contribution is 2.25. The SMILES string of the molecule is CC(C)NC1CCN(CC2CCSCC2)C1=O. The second-order valence-electron chi connectivity index (χ2n) is 5.50. The van der Waals surface area contributed by atoms with Crippen LogP contribution in [0.1, 0.15) is 33.1 Å². The number of nitrogens with zero attached hydrogens (tertiary/aromatic N) is 1. The molecule has 0 bridgehead atoms. The zero-order chi connectivity index (χ0) is 12.3. The maximum absolute atomic E-state index is 12.2. The summed E-state index contributed by atoms with van der Waals surface area (Å²) in [6, 6.07) is 0.475. The summed E-state index contributed by atoms with van der Waals surface area (Å²) in [6.45, 7) is 6.16. The molecule has 2 fully saturated rings. The van der Waals surface area contributed by atoms with E-state index in [0.717, 1.165) is 25.4 Å². The van der Waals surface area contributed by atoms with Gasteiger partial charge in [0.2, 0.25) is 5.91 Å². The van der Waals surface area contributed by atoms with Gasteiger partial charge in [-0.15, -0.1) is 0 Å². The average molecular weight is 256 g/mol. The highest BCUT2D eigenvalue weighted by atomic mass is 32.2. The third-order valence-electron chi connectivity index (χ3n) is 3.65. The molecular weight excluding hydrogens is 232 g/mol. The summed E-state index contributed by atoms with van der Waals surface area (Å²) in [7, 11) is 0. The van der Waals surface area contributed by atoms with Crippen LogP contribution in [0.15, 0.2) is 0 Å². The van der Waals surface area contributed by atoms with Crippen LogP contribution in [0.5, 0.6) is 0 Å². The molecule has 0 aromatic carbocycles. The molecule has 0 aliphatic carbocycles. The van der Waals surface area contributed by atoms with Gasteiger partial charge in [0.05, 0.1) is 6.04 Å². The number of carbonyl (C=O) groups is 1. The van der Waals surface area contributed by atoms with Crippen molar-refractivity contribution in [3.63, 3.8) is 0 Å². The molecule has 1 amide bonds. The molecule has 1 atom stereocenters. The fraction of sp³-hybridized carbons (Fsp3) is 0.923. The molecule has 0 saturated carbocycles. The van der Waals surface area contributed by atoms with Gasteiger partial charge in [0.1, 0.15) is 0 Å². The van der Waals surface area contributed by atoms with Crippen LogP contribution < -0.4 is 5.32 Å². The first-order chi connectivity index (χ1) is 8.16. The van der Waals surface area contributed by atoms with Crippen LogP contribution in [0.2, 0.25) is 0 Å². The highest BCUT2D eigenvalue weighted by Gasteiger charge is 2.33. The molecule has 3 nitrogen and oxygen atoms in total. The van der Waals surface area contributed by atoms with Crippen LogP contribution in [-0.2, 0) is 4.79 Å². The average Bonchev–Trinajstić information content (AvgIpc) is 2.62. The minimum absolute atomic E-state index is 0.0768. The molecule has 1 unspecified atom stereocenters. The smallest absolute Gasteiger partial charge is 0.239 e. The lowest BCUT2D eigenvalue weighted by atomic mass is 10.0. The summed E-state index contributed by atoms with van der Waals surface area (Å²) in [6.07, 6.45) is 3.56. The Hall–Kier alpha value is -0.220. The topological polar surface area (TPSA) is 32.3 Å². The lowest BCUT2D eigenvalue weighted by Gasteiger charge is -2.27. The van der Waals surface area contributed by atoms with Gasteiger partial charge in [0.25, 0.3) is 0 Å². The van der Waals surface area contributed by atoms with Crippen LogP contribution in [0, 0.1) is 5.92 Å². The maximum Gasteiger partial charge on any atom is 0.239 e. The van der Waals surface area contributed by atoms with Crippen molar-refractivity contribution in [2.75, 3.05) is 24.6 Å². The van der Waals surface area contributed by atoms with Crippen LogP contribution >= 0.6 is 11.8 Å². The molecule has 2 aliphatic heterocycles. The Bertz CT molecular complexity index is 264. The van der Waals surface area contributed by atoms with E-state index in [2.05, 4.69) is 35.8 Å². The van der Waals surface area contributed by atoms with E-state index in [9.17, 15) is 4.79 Å². The molecule has 4 heteroatoms. The Labute approximate surface area is 109 Å². The van der Waals surface area contributed by atoms with Crippen molar-refractivity contribution in [1.82, 2.24) is 10.2 Å². The van der Waals surface area contributed by atoms with E-state index in [-0.39, 0.29) is 6.04 Å². The summed E-state index contributed by atoms with van der Waals surface area (Å²) in [5, 5.41) is 3.36. The first-order valence-electron chi connectivity index (χ1n) is 6.79. The Morgan fingerprint density at radius 3 is 2.71 bits per heavy atom. The number of carbonyl (C=O) groups excluding carboxylic acids is 1. The van der Waals surface area contributed by atoms with Gasteiger partial charge in [0.15, 0.2) is 0 Å². The first kappa shape index (κ1) is 13.2. The standard InChI is InChI=1S/C13H24N2OS/c1-10(2)14-12-3-6-15(13(12)16)9-11-4-7-17-8-5-11/h10-12,14H,3-9H2,1-2H3. The van der Waals surface area contributed by atoms with Crippen LogP contribution in [0.25, 0.3) is 0 Å². The van der Waals surface area contributed by atoms with E-state index in [1.165, 1.54) is 24.3 Å². The van der Waals surface area contributed by atoms with Crippen molar-refractivity contribution in [3.8, 4) is 0 Å². The lowest BCUT2D eigenvalue weighted by molar-refractivity contribution is -0.130. The predicted molar refractivity (Wildman–Crippen MR) is 73.3 cm³/mol. The van der Waals surface area contributed by atoms with Crippen molar-refractivity contribution >= 4 is 17.7 Å². The van der Waals surface area contributed by atoms with Crippen LogP contribution in [0.3, 0.4) is 0 Å². The van der Waals surface area contributed by atoms with Crippen molar-refractivity contribution in [2.45, 2.75) is 45.2 Å². The van der Waals surface area contributed by atoms with Gasteiger partial charge in [0, 0.05) is 19.1 Å². The third kappa shape index (κ3) is 3.62. The molecule has 0 aromatic rings. The van der Waals surface area contributed by atoms with Crippen LogP contribution in [-0.4, -0.2) is 47.5 Å². The molecular formula is C13H24N2OS. The lowest BCUT2D eigenvalue weighted by Crippen LogP contribution is -2.42. The Balaban J connectivity index is 1.80. The van der Waals surface area contributed by atoms with E-state index in [1.807, 2.05) is 0 Å². The Kier molecular flexibility index (Phi) is 4.74. The summed E-state index contributed by atoms with van der Waals surface area (Å²) in [5.41, 5.74) is 0. The number of likely N-dealkylation sites (tertiary alicyclic amines) is 1. The third-order valence-corrected chi connectivity index (χ3v) is 4.70. The number of thioether (sulfide) groups is 1. The van der Waals surface area contributed by atoms with Crippen molar-refractivity contribution < 1.29 is 4.79 Å². The second kappa shape index (κ2) is 6.10. The summed E-state index contributed by atoms with van der Waals surface area (Å²) in [4.78, 5) is 14.3. The number of nitrogens with one attached hydrogen (secondary N) is 1. The minimum atomic E-state index is 0.0768. The molecule has 2 saturated heterocycles. The van der Waals surface area contributed by atoms with Gasteiger partial charge in [-0.1, -0.05) is 13.8 Å². The van der Waals surface area contributed by atoms with Gasteiger partial charge in [-0.2, -0.15) is 11.8 Å². The monoisotopic (exact) mass is 256 g/mol. The largest absolute Gasteiger partial charge is 0.341 e. The van der Waals surface area contributed by atoms with E-state index in [0.29, 0.717) is 11.9 Å². The number of rotatable bonds is 4. The number of hydrogen-bond donors (Lipinski definition) is 1. The van der Waals surface area contributed by atoms with Crippen molar-refractivity contribution in [1.29, 1.82) is 0 Å². The van der Waals surface area contributed by atoms with Crippen molar-refractivity contribution in [3.05, 3.63) is 0 Å². The van der Waals surface area contributed by atoms with Gasteiger partial charge in [-0.25, -0.2) is 0 Å². The molecule has 1 N–H and O–H groups in total. The summed E-state index contributed by atoms with van der Waals surface area (Å²) in [5.74, 6) is 3.63. The zero-order valence-corrected chi connectivity index (χ0v) is 11.8. The Morgan fingerprint density at radius 1 is 1.35 bits per heavy atom. The van der Waals surface area contributed by atoms with Gasteiger partial charge >= 0.3 is 0 Å².